The zero-order valence-corrected chi connectivity index (χ0v) is 13.9. The van der Waals surface area contributed by atoms with Crippen molar-refractivity contribution in [2.45, 2.75) is 38.5 Å². The van der Waals surface area contributed by atoms with Gasteiger partial charge in [0, 0.05) is 32.5 Å². The molecule has 1 amide bonds. The van der Waals surface area contributed by atoms with Crippen molar-refractivity contribution in [2.24, 2.45) is 0 Å². The van der Waals surface area contributed by atoms with Gasteiger partial charge in [-0.05, 0) is 50.7 Å². The summed E-state index contributed by atoms with van der Waals surface area (Å²) in [7, 11) is 0. The standard InChI is InChI=1S/C17H26N2O5/c20-11-5-1-3-9-19(10-4-2-6-12-21)16(22)15-13-14(17(23)24)7-8-18-15/h7-8,13,20-21H,1-6,9-12H2,(H,23,24). The lowest BCUT2D eigenvalue weighted by molar-refractivity contribution is 0.0696. The van der Waals surface area contributed by atoms with Crippen LogP contribution in [0.5, 0.6) is 0 Å². The van der Waals surface area contributed by atoms with Gasteiger partial charge in [0.25, 0.3) is 5.91 Å². The Morgan fingerprint density at radius 2 is 1.54 bits per heavy atom. The van der Waals surface area contributed by atoms with Crippen LogP contribution in [-0.4, -0.2) is 63.4 Å². The van der Waals surface area contributed by atoms with E-state index < -0.39 is 5.97 Å². The topological polar surface area (TPSA) is 111 Å². The van der Waals surface area contributed by atoms with Crippen LogP contribution >= 0.6 is 0 Å². The number of nitrogens with zero attached hydrogens (tertiary/aromatic N) is 2. The molecule has 24 heavy (non-hydrogen) atoms. The summed E-state index contributed by atoms with van der Waals surface area (Å²) in [6, 6.07) is 2.64. The first-order valence-corrected chi connectivity index (χ1v) is 8.30. The summed E-state index contributed by atoms with van der Waals surface area (Å²) in [5.74, 6) is -1.38. The maximum atomic E-state index is 12.6. The smallest absolute Gasteiger partial charge is 0.335 e. The third-order valence-corrected chi connectivity index (χ3v) is 3.69. The molecule has 7 nitrogen and oxygen atoms in total. The Bertz CT molecular complexity index is 509. The summed E-state index contributed by atoms with van der Waals surface area (Å²) in [4.78, 5) is 29.3. The highest BCUT2D eigenvalue weighted by molar-refractivity contribution is 5.95. The normalized spacial score (nSPS) is 10.6. The molecule has 1 rings (SSSR count). The van der Waals surface area contributed by atoms with E-state index in [2.05, 4.69) is 4.98 Å². The van der Waals surface area contributed by atoms with Crippen molar-refractivity contribution < 1.29 is 24.9 Å². The number of carbonyl (C=O) groups excluding carboxylic acids is 1. The first-order chi connectivity index (χ1) is 11.6. The number of aliphatic hydroxyl groups excluding tert-OH is 2. The zero-order chi connectivity index (χ0) is 17.8. The van der Waals surface area contributed by atoms with Crippen molar-refractivity contribution in [3.8, 4) is 0 Å². The number of aromatic nitrogens is 1. The van der Waals surface area contributed by atoms with Crippen molar-refractivity contribution in [3.63, 3.8) is 0 Å². The second-order valence-corrected chi connectivity index (χ2v) is 5.60. The molecule has 0 radical (unpaired) electrons. The summed E-state index contributed by atoms with van der Waals surface area (Å²) in [5.41, 5.74) is 0.160. The second-order valence-electron chi connectivity index (χ2n) is 5.60. The summed E-state index contributed by atoms with van der Waals surface area (Å²) in [5, 5.41) is 26.7. The predicted molar refractivity (Wildman–Crippen MR) is 89.0 cm³/mol. The van der Waals surface area contributed by atoms with E-state index in [-0.39, 0.29) is 30.4 Å². The predicted octanol–water partition coefficient (Wildman–Crippen LogP) is 1.55. The Morgan fingerprint density at radius 3 is 2.04 bits per heavy atom. The number of carboxylic acid groups (broad SMARTS) is 1. The van der Waals surface area contributed by atoms with E-state index in [0.29, 0.717) is 25.9 Å². The molecule has 0 atom stereocenters. The van der Waals surface area contributed by atoms with Gasteiger partial charge in [-0.3, -0.25) is 9.78 Å². The van der Waals surface area contributed by atoms with Crippen LogP contribution in [0, 0.1) is 0 Å². The number of carbonyl (C=O) groups is 2. The monoisotopic (exact) mass is 338 g/mol. The molecule has 0 spiro atoms. The number of amides is 1. The SMILES string of the molecule is O=C(O)c1ccnc(C(=O)N(CCCCCO)CCCCCO)c1. The van der Waals surface area contributed by atoms with Gasteiger partial charge in [0.1, 0.15) is 5.69 Å². The van der Waals surface area contributed by atoms with Crippen molar-refractivity contribution in [1.82, 2.24) is 9.88 Å². The summed E-state index contributed by atoms with van der Waals surface area (Å²) >= 11 is 0. The lowest BCUT2D eigenvalue weighted by Crippen LogP contribution is -2.33. The van der Waals surface area contributed by atoms with E-state index in [4.69, 9.17) is 15.3 Å². The first kappa shape index (κ1) is 20.1. The van der Waals surface area contributed by atoms with Crippen molar-refractivity contribution >= 4 is 11.9 Å². The molecule has 7 heteroatoms. The van der Waals surface area contributed by atoms with Gasteiger partial charge in [-0.25, -0.2) is 4.79 Å². The van der Waals surface area contributed by atoms with Crippen LogP contribution in [0.15, 0.2) is 18.3 Å². The molecule has 0 unspecified atom stereocenters. The molecule has 0 aliphatic heterocycles. The zero-order valence-electron chi connectivity index (χ0n) is 13.9. The van der Waals surface area contributed by atoms with E-state index >= 15 is 0 Å². The second kappa shape index (κ2) is 11.5. The molecule has 1 aromatic heterocycles. The lowest BCUT2D eigenvalue weighted by Gasteiger charge is -2.22. The largest absolute Gasteiger partial charge is 0.478 e. The van der Waals surface area contributed by atoms with Crippen molar-refractivity contribution in [1.29, 1.82) is 0 Å². The molecule has 0 bridgehead atoms. The van der Waals surface area contributed by atoms with Crippen LogP contribution < -0.4 is 0 Å². The highest BCUT2D eigenvalue weighted by Gasteiger charge is 2.18. The molecule has 0 aromatic carbocycles. The number of hydrogen-bond acceptors (Lipinski definition) is 5. The van der Waals surface area contributed by atoms with Gasteiger partial charge in [0.05, 0.1) is 5.56 Å². The average molecular weight is 338 g/mol. The van der Waals surface area contributed by atoms with E-state index in [9.17, 15) is 9.59 Å². The maximum absolute atomic E-state index is 12.6. The highest BCUT2D eigenvalue weighted by Crippen LogP contribution is 2.10. The Hall–Kier alpha value is -1.99. The number of aliphatic hydroxyl groups is 2. The van der Waals surface area contributed by atoms with Crippen molar-refractivity contribution in [3.05, 3.63) is 29.6 Å². The number of unbranched alkanes of at least 4 members (excludes halogenated alkanes) is 4. The van der Waals surface area contributed by atoms with Gasteiger partial charge < -0.3 is 20.2 Å². The van der Waals surface area contributed by atoms with Gasteiger partial charge in [-0.15, -0.1) is 0 Å². The van der Waals surface area contributed by atoms with E-state index in [1.807, 2.05) is 0 Å². The molecule has 0 fully saturated rings. The molecule has 1 heterocycles. The fourth-order valence-electron chi connectivity index (χ4n) is 2.34. The third-order valence-electron chi connectivity index (χ3n) is 3.69. The van der Waals surface area contributed by atoms with E-state index in [0.717, 1.165) is 25.7 Å². The van der Waals surface area contributed by atoms with Crippen LogP contribution in [0.3, 0.4) is 0 Å². The molecule has 3 N–H and O–H groups in total. The molecule has 0 saturated carbocycles. The van der Waals surface area contributed by atoms with E-state index in [1.54, 1.807) is 4.90 Å². The van der Waals surface area contributed by atoms with Crippen LogP contribution in [0.1, 0.15) is 59.4 Å². The molecule has 0 aliphatic rings. The quantitative estimate of drug-likeness (QED) is 0.499. The van der Waals surface area contributed by atoms with Crippen LogP contribution in [-0.2, 0) is 0 Å². The van der Waals surface area contributed by atoms with Crippen LogP contribution in [0.25, 0.3) is 0 Å². The molecule has 134 valence electrons. The Kier molecular flexibility index (Phi) is 9.64. The van der Waals surface area contributed by atoms with Crippen LogP contribution in [0.2, 0.25) is 0 Å². The average Bonchev–Trinajstić information content (AvgIpc) is 2.60. The fraction of sp³-hybridized carbons (Fsp3) is 0.588. The third kappa shape index (κ3) is 7.06. The molecule has 0 saturated heterocycles. The highest BCUT2D eigenvalue weighted by atomic mass is 16.4. The van der Waals surface area contributed by atoms with E-state index in [1.165, 1.54) is 18.3 Å². The van der Waals surface area contributed by atoms with Crippen LogP contribution in [0.4, 0.5) is 0 Å². The van der Waals surface area contributed by atoms with Gasteiger partial charge in [-0.2, -0.15) is 0 Å². The number of pyridine rings is 1. The Balaban J connectivity index is 2.73. The molecular formula is C17H26N2O5. The van der Waals surface area contributed by atoms with Gasteiger partial charge >= 0.3 is 5.97 Å². The molecular weight excluding hydrogens is 312 g/mol. The first-order valence-electron chi connectivity index (χ1n) is 8.30. The number of rotatable bonds is 12. The number of aromatic carboxylic acids is 1. The van der Waals surface area contributed by atoms with Gasteiger partial charge in [-0.1, -0.05) is 0 Å². The number of hydrogen-bond donors (Lipinski definition) is 3. The Morgan fingerprint density at radius 1 is 0.958 bits per heavy atom. The van der Waals surface area contributed by atoms with Gasteiger partial charge in [0.15, 0.2) is 0 Å². The summed E-state index contributed by atoms with van der Waals surface area (Å²) < 4.78 is 0. The minimum atomic E-state index is -1.09. The summed E-state index contributed by atoms with van der Waals surface area (Å²) in [6.45, 7) is 1.34. The lowest BCUT2D eigenvalue weighted by atomic mass is 10.1. The molecule has 1 aromatic rings. The molecule has 0 aliphatic carbocycles. The Labute approximate surface area is 141 Å². The minimum absolute atomic E-state index is 0.0360. The number of carboxylic acids is 1. The fourth-order valence-corrected chi connectivity index (χ4v) is 2.34. The van der Waals surface area contributed by atoms with Gasteiger partial charge in [0.2, 0.25) is 0 Å². The summed E-state index contributed by atoms with van der Waals surface area (Å²) in [6.07, 6.45) is 5.89. The maximum Gasteiger partial charge on any atom is 0.335 e. The van der Waals surface area contributed by atoms with Crippen molar-refractivity contribution in [2.75, 3.05) is 26.3 Å². The minimum Gasteiger partial charge on any atom is -0.478 e.